The molecule has 158 valence electrons. The number of rotatable bonds is 9. The van der Waals surface area contributed by atoms with Gasteiger partial charge >= 0.3 is 0 Å². The van der Waals surface area contributed by atoms with E-state index in [-0.39, 0.29) is 17.4 Å². The molecule has 0 spiro atoms. The zero-order chi connectivity index (χ0) is 21.5. The maximum Gasteiger partial charge on any atom is 0.232 e. The van der Waals surface area contributed by atoms with Gasteiger partial charge in [-0.3, -0.25) is 9.00 Å². The standard InChI is InChI=1S/C23H25ClN2O3S/c1-3-17-4-8-19(9-5-17)23-26-21(16(2)29-23)14-30(28)15-22(27)25-13-12-18-6-10-20(24)11-7-18/h4-11H,3,12-15H2,1-2H3,(H,25,27). The number of halogens is 1. The number of oxazole rings is 1. The van der Waals surface area contributed by atoms with Crippen LogP contribution in [-0.2, 0) is 34.2 Å². The molecule has 0 radical (unpaired) electrons. The van der Waals surface area contributed by atoms with Crippen LogP contribution in [0.1, 0.15) is 29.5 Å². The normalized spacial score (nSPS) is 12.0. The van der Waals surface area contributed by atoms with Crippen LogP contribution in [0.4, 0.5) is 0 Å². The number of hydrogen-bond donors (Lipinski definition) is 1. The summed E-state index contributed by atoms with van der Waals surface area (Å²) in [6.45, 7) is 4.39. The molecule has 3 rings (SSSR count). The number of aryl methyl sites for hydroxylation is 2. The van der Waals surface area contributed by atoms with Crippen LogP contribution in [0.15, 0.2) is 52.9 Å². The average molecular weight is 445 g/mol. The summed E-state index contributed by atoms with van der Waals surface area (Å²) in [7, 11) is -1.36. The Morgan fingerprint density at radius 1 is 1.10 bits per heavy atom. The van der Waals surface area contributed by atoms with Crippen LogP contribution in [-0.4, -0.2) is 27.4 Å². The van der Waals surface area contributed by atoms with E-state index in [9.17, 15) is 9.00 Å². The molecule has 0 aliphatic heterocycles. The lowest BCUT2D eigenvalue weighted by Gasteiger charge is -2.05. The molecule has 2 aromatic carbocycles. The Morgan fingerprint density at radius 3 is 2.43 bits per heavy atom. The Kier molecular flexibility index (Phi) is 7.82. The minimum absolute atomic E-state index is 0.0621. The number of benzene rings is 2. The van der Waals surface area contributed by atoms with Gasteiger partial charge in [0.05, 0.1) is 11.4 Å². The Bertz CT molecular complexity index is 1010. The molecular formula is C23H25ClN2O3S. The van der Waals surface area contributed by atoms with E-state index in [0.717, 1.165) is 17.5 Å². The van der Waals surface area contributed by atoms with Gasteiger partial charge in [-0.25, -0.2) is 4.98 Å². The second-order valence-electron chi connectivity index (χ2n) is 7.03. The third kappa shape index (κ3) is 6.28. The molecule has 1 aromatic heterocycles. The summed E-state index contributed by atoms with van der Waals surface area (Å²) >= 11 is 5.86. The van der Waals surface area contributed by atoms with Crippen molar-refractivity contribution in [3.05, 3.63) is 76.1 Å². The van der Waals surface area contributed by atoms with Gasteiger partial charge in [0.2, 0.25) is 11.8 Å². The largest absolute Gasteiger partial charge is 0.441 e. The van der Waals surface area contributed by atoms with Crippen molar-refractivity contribution < 1.29 is 13.4 Å². The summed E-state index contributed by atoms with van der Waals surface area (Å²) in [6, 6.07) is 15.5. The number of hydrogen-bond acceptors (Lipinski definition) is 4. The van der Waals surface area contributed by atoms with Crippen molar-refractivity contribution in [1.29, 1.82) is 0 Å². The molecular weight excluding hydrogens is 420 g/mol. The molecule has 1 unspecified atom stereocenters. The molecule has 0 saturated carbocycles. The van der Waals surface area contributed by atoms with Gasteiger partial charge < -0.3 is 9.73 Å². The van der Waals surface area contributed by atoms with E-state index in [4.69, 9.17) is 16.0 Å². The van der Waals surface area contributed by atoms with Crippen LogP contribution in [0.25, 0.3) is 11.5 Å². The van der Waals surface area contributed by atoms with Crippen molar-refractivity contribution in [1.82, 2.24) is 10.3 Å². The van der Waals surface area contributed by atoms with Crippen LogP contribution in [0.2, 0.25) is 5.02 Å². The zero-order valence-electron chi connectivity index (χ0n) is 17.1. The summed E-state index contributed by atoms with van der Waals surface area (Å²) in [5, 5.41) is 3.49. The lowest BCUT2D eigenvalue weighted by Crippen LogP contribution is -2.30. The lowest BCUT2D eigenvalue weighted by atomic mass is 10.1. The average Bonchev–Trinajstić information content (AvgIpc) is 3.09. The van der Waals surface area contributed by atoms with Gasteiger partial charge in [0.15, 0.2) is 0 Å². The molecule has 0 bridgehead atoms. The van der Waals surface area contributed by atoms with Crippen molar-refractivity contribution in [2.45, 2.75) is 32.4 Å². The predicted octanol–water partition coefficient (Wildman–Crippen LogP) is 4.47. The van der Waals surface area contributed by atoms with Crippen LogP contribution < -0.4 is 5.32 Å². The molecule has 0 saturated heterocycles. The summed E-state index contributed by atoms with van der Waals surface area (Å²) in [5.41, 5.74) is 3.83. The fourth-order valence-electron chi connectivity index (χ4n) is 2.97. The lowest BCUT2D eigenvalue weighted by molar-refractivity contribution is -0.118. The van der Waals surface area contributed by atoms with Gasteiger partial charge in [0.1, 0.15) is 11.5 Å². The highest BCUT2D eigenvalue weighted by Crippen LogP contribution is 2.23. The van der Waals surface area contributed by atoms with Crippen molar-refractivity contribution in [2.75, 3.05) is 12.3 Å². The van der Waals surface area contributed by atoms with Crippen LogP contribution in [0.5, 0.6) is 0 Å². The monoisotopic (exact) mass is 444 g/mol. The van der Waals surface area contributed by atoms with E-state index in [0.29, 0.717) is 35.3 Å². The van der Waals surface area contributed by atoms with E-state index >= 15 is 0 Å². The molecule has 1 heterocycles. The highest BCUT2D eigenvalue weighted by molar-refractivity contribution is 7.84. The second-order valence-corrected chi connectivity index (χ2v) is 8.92. The molecule has 1 N–H and O–H groups in total. The smallest absolute Gasteiger partial charge is 0.232 e. The quantitative estimate of drug-likeness (QED) is 0.528. The molecule has 0 fully saturated rings. The Labute approximate surface area is 184 Å². The van der Waals surface area contributed by atoms with E-state index in [2.05, 4.69) is 17.2 Å². The van der Waals surface area contributed by atoms with Gasteiger partial charge in [-0.15, -0.1) is 0 Å². The second kappa shape index (κ2) is 10.5. The minimum Gasteiger partial charge on any atom is -0.441 e. The van der Waals surface area contributed by atoms with E-state index in [1.54, 1.807) is 6.92 Å². The van der Waals surface area contributed by atoms with Crippen molar-refractivity contribution >= 4 is 28.3 Å². The molecule has 3 aromatic rings. The predicted molar refractivity (Wildman–Crippen MR) is 121 cm³/mol. The maximum atomic E-state index is 12.4. The Balaban J connectivity index is 1.49. The number of amides is 1. The number of carbonyl (C=O) groups is 1. The number of carbonyl (C=O) groups excluding carboxylic acids is 1. The van der Waals surface area contributed by atoms with Gasteiger partial charge in [-0.1, -0.05) is 42.8 Å². The van der Waals surface area contributed by atoms with Crippen LogP contribution in [0.3, 0.4) is 0 Å². The first-order valence-corrected chi connectivity index (χ1v) is 11.7. The van der Waals surface area contributed by atoms with Gasteiger partial charge in [-0.2, -0.15) is 0 Å². The number of nitrogens with zero attached hydrogens (tertiary/aromatic N) is 1. The zero-order valence-corrected chi connectivity index (χ0v) is 18.7. The Hall–Kier alpha value is -2.44. The maximum absolute atomic E-state index is 12.4. The van der Waals surface area contributed by atoms with Crippen molar-refractivity contribution in [3.8, 4) is 11.5 Å². The van der Waals surface area contributed by atoms with E-state index < -0.39 is 10.8 Å². The molecule has 5 nitrogen and oxygen atoms in total. The summed E-state index contributed by atoms with van der Waals surface area (Å²) < 4.78 is 18.2. The third-order valence-electron chi connectivity index (χ3n) is 4.74. The topological polar surface area (TPSA) is 72.2 Å². The first-order chi connectivity index (χ1) is 14.4. The molecule has 0 aliphatic carbocycles. The first kappa shape index (κ1) is 22.2. The summed E-state index contributed by atoms with van der Waals surface area (Å²) in [4.78, 5) is 16.6. The van der Waals surface area contributed by atoms with Gasteiger partial charge in [0, 0.05) is 27.9 Å². The summed E-state index contributed by atoms with van der Waals surface area (Å²) in [6.07, 6.45) is 1.66. The fraction of sp³-hybridized carbons (Fsp3) is 0.304. The van der Waals surface area contributed by atoms with Gasteiger partial charge in [0.25, 0.3) is 0 Å². The highest BCUT2D eigenvalue weighted by Gasteiger charge is 2.16. The van der Waals surface area contributed by atoms with E-state index in [1.807, 2.05) is 48.5 Å². The van der Waals surface area contributed by atoms with Crippen LogP contribution >= 0.6 is 11.6 Å². The number of aromatic nitrogens is 1. The van der Waals surface area contributed by atoms with Crippen molar-refractivity contribution in [3.63, 3.8) is 0 Å². The highest BCUT2D eigenvalue weighted by atomic mass is 35.5. The third-order valence-corrected chi connectivity index (χ3v) is 6.17. The van der Waals surface area contributed by atoms with Crippen LogP contribution in [0, 0.1) is 6.92 Å². The molecule has 30 heavy (non-hydrogen) atoms. The fourth-order valence-corrected chi connectivity index (χ4v) is 4.16. The Morgan fingerprint density at radius 2 is 1.77 bits per heavy atom. The van der Waals surface area contributed by atoms with Gasteiger partial charge in [-0.05, 0) is 55.2 Å². The summed E-state index contributed by atoms with van der Waals surface area (Å²) in [5.74, 6) is 1.02. The molecule has 1 amide bonds. The van der Waals surface area contributed by atoms with E-state index in [1.165, 1.54) is 5.56 Å². The molecule has 7 heteroatoms. The first-order valence-electron chi connectivity index (χ1n) is 9.86. The minimum atomic E-state index is -1.36. The molecule has 1 atom stereocenters. The molecule has 0 aliphatic rings. The SMILES string of the molecule is CCc1ccc(-c2nc(CS(=O)CC(=O)NCCc3ccc(Cl)cc3)c(C)o2)cc1. The number of nitrogens with one attached hydrogen (secondary N) is 1. The van der Waals surface area contributed by atoms with Crippen molar-refractivity contribution in [2.24, 2.45) is 0 Å².